The average molecular weight is 164 g/mol. The number of pyridine rings is 1. The molecule has 1 fully saturated rings. The van der Waals surface area contributed by atoms with Crippen LogP contribution in [0.2, 0.25) is 0 Å². The van der Waals surface area contributed by atoms with E-state index in [0.29, 0.717) is 12.0 Å². The molecule has 2 unspecified atom stereocenters. The highest BCUT2D eigenvalue weighted by Crippen LogP contribution is 2.39. The minimum absolute atomic E-state index is 0.332. The topological polar surface area (TPSA) is 48.1 Å². The van der Waals surface area contributed by atoms with Gasteiger partial charge in [0.2, 0.25) is 0 Å². The van der Waals surface area contributed by atoms with Crippen molar-refractivity contribution in [3.05, 3.63) is 24.0 Å². The van der Waals surface area contributed by atoms with Gasteiger partial charge in [0.05, 0.1) is 13.3 Å². The molecule has 0 aromatic carbocycles. The van der Waals surface area contributed by atoms with Crippen LogP contribution in [0.5, 0.6) is 5.75 Å². The van der Waals surface area contributed by atoms with E-state index in [1.165, 1.54) is 5.56 Å². The molecule has 1 aliphatic carbocycles. The Morgan fingerprint density at radius 3 is 2.92 bits per heavy atom. The summed E-state index contributed by atoms with van der Waals surface area (Å²) in [5.41, 5.74) is 6.92. The van der Waals surface area contributed by atoms with Gasteiger partial charge < -0.3 is 10.5 Å². The SMILES string of the molecule is COc1cncc(C2CC2N)c1. The molecule has 0 spiro atoms. The first-order valence-corrected chi connectivity index (χ1v) is 4.06. The third-order valence-corrected chi connectivity index (χ3v) is 2.24. The molecule has 64 valence electrons. The van der Waals surface area contributed by atoms with Crippen LogP contribution < -0.4 is 10.5 Å². The minimum Gasteiger partial charge on any atom is -0.495 e. The molecule has 2 N–H and O–H groups in total. The minimum atomic E-state index is 0.332. The summed E-state index contributed by atoms with van der Waals surface area (Å²) in [5, 5.41) is 0. The first-order chi connectivity index (χ1) is 5.81. The molecular formula is C9H12N2O. The predicted octanol–water partition coefficient (Wildman–Crippen LogP) is 0.905. The van der Waals surface area contributed by atoms with Crippen molar-refractivity contribution in [2.24, 2.45) is 5.73 Å². The lowest BCUT2D eigenvalue weighted by atomic mass is 10.2. The van der Waals surface area contributed by atoms with Crippen LogP contribution in [0, 0.1) is 0 Å². The van der Waals surface area contributed by atoms with E-state index < -0.39 is 0 Å². The van der Waals surface area contributed by atoms with E-state index in [2.05, 4.69) is 4.98 Å². The van der Waals surface area contributed by atoms with Gasteiger partial charge in [-0.25, -0.2) is 0 Å². The van der Waals surface area contributed by atoms with Crippen LogP contribution in [0.1, 0.15) is 17.9 Å². The lowest BCUT2D eigenvalue weighted by Crippen LogP contribution is -2.01. The van der Waals surface area contributed by atoms with E-state index >= 15 is 0 Å². The van der Waals surface area contributed by atoms with Crippen molar-refractivity contribution in [1.82, 2.24) is 4.98 Å². The fourth-order valence-corrected chi connectivity index (χ4v) is 1.35. The van der Waals surface area contributed by atoms with Crippen LogP contribution in [-0.2, 0) is 0 Å². The van der Waals surface area contributed by atoms with Gasteiger partial charge in [0.15, 0.2) is 0 Å². The largest absolute Gasteiger partial charge is 0.495 e. The number of nitrogens with zero attached hydrogens (tertiary/aromatic N) is 1. The number of hydrogen-bond acceptors (Lipinski definition) is 3. The van der Waals surface area contributed by atoms with Gasteiger partial charge in [0.25, 0.3) is 0 Å². The highest BCUT2D eigenvalue weighted by atomic mass is 16.5. The molecule has 0 saturated heterocycles. The van der Waals surface area contributed by atoms with E-state index in [1.54, 1.807) is 13.3 Å². The smallest absolute Gasteiger partial charge is 0.137 e. The Morgan fingerprint density at radius 2 is 2.33 bits per heavy atom. The maximum atomic E-state index is 5.72. The van der Waals surface area contributed by atoms with E-state index in [1.807, 2.05) is 12.3 Å². The average Bonchev–Trinajstić information content (AvgIpc) is 2.83. The number of nitrogens with two attached hydrogens (primary N) is 1. The summed E-state index contributed by atoms with van der Waals surface area (Å²) >= 11 is 0. The van der Waals surface area contributed by atoms with E-state index in [9.17, 15) is 0 Å². The molecule has 0 bridgehead atoms. The molecule has 3 heteroatoms. The number of aromatic nitrogens is 1. The van der Waals surface area contributed by atoms with Crippen molar-refractivity contribution in [1.29, 1.82) is 0 Å². The summed E-state index contributed by atoms with van der Waals surface area (Å²) < 4.78 is 5.06. The highest BCUT2D eigenvalue weighted by Gasteiger charge is 2.35. The van der Waals surface area contributed by atoms with Crippen molar-refractivity contribution < 1.29 is 4.74 Å². The van der Waals surface area contributed by atoms with Crippen LogP contribution in [0.4, 0.5) is 0 Å². The van der Waals surface area contributed by atoms with Crippen LogP contribution in [0.3, 0.4) is 0 Å². The van der Waals surface area contributed by atoms with Crippen LogP contribution >= 0.6 is 0 Å². The summed E-state index contributed by atoms with van der Waals surface area (Å²) in [6.45, 7) is 0. The van der Waals surface area contributed by atoms with Crippen molar-refractivity contribution in [3.8, 4) is 5.75 Å². The van der Waals surface area contributed by atoms with E-state index in [4.69, 9.17) is 10.5 Å². The molecule has 1 aromatic rings. The molecule has 0 aliphatic heterocycles. The molecular weight excluding hydrogens is 152 g/mol. The van der Waals surface area contributed by atoms with Gasteiger partial charge in [-0.3, -0.25) is 4.98 Å². The monoisotopic (exact) mass is 164 g/mol. The molecule has 2 rings (SSSR count). The quantitative estimate of drug-likeness (QED) is 0.706. The highest BCUT2D eigenvalue weighted by molar-refractivity contribution is 5.31. The molecule has 1 aliphatic rings. The maximum absolute atomic E-state index is 5.72. The molecule has 1 saturated carbocycles. The number of ether oxygens (including phenoxy) is 1. The van der Waals surface area contributed by atoms with Gasteiger partial charge in [0.1, 0.15) is 5.75 Å². The van der Waals surface area contributed by atoms with Gasteiger partial charge in [-0.15, -0.1) is 0 Å². The Bertz CT molecular complexity index is 288. The molecule has 3 nitrogen and oxygen atoms in total. The Morgan fingerprint density at radius 1 is 1.58 bits per heavy atom. The van der Waals surface area contributed by atoms with Crippen LogP contribution in [-0.4, -0.2) is 18.1 Å². The summed E-state index contributed by atoms with van der Waals surface area (Å²) in [5.74, 6) is 1.32. The lowest BCUT2D eigenvalue weighted by Gasteiger charge is -2.01. The number of methoxy groups -OCH3 is 1. The first kappa shape index (κ1) is 7.55. The molecule has 2 atom stereocenters. The fourth-order valence-electron chi connectivity index (χ4n) is 1.35. The first-order valence-electron chi connectivity index (χ1n) is 4.06. The van der Waals surface area contributed by atoms with Gasteiger partial charge >= 0.3 is 0 Å². The summed E-state index contributed by atoms with van der Waals surface area (Å²) in [6.07, 6.45) is 4.65. The van der Waals surface area contributed by atoms with Crippen LogP contribution in [0.15, 0.2) is 18.5 Å². The predicted molar refractivity (Wildman–Crippen MR) is 46.1 cm³/mol. The third-order valence-electron chi connectivity index (χ3n) is 2.24. The van der Waals surface area contributed by atoms with Crippen LogP contribution in [0.25, 0.3) is 0 Å². The van der Waals surface area contributed by atoms with Crippen molar-refractivity contribution in [2.45, 2.75) is 18.4 Å². The molecule has 1 heterocycles. The Balaban J connectivity index is 2.21. The van der Waals surface area contributed by atoms with Crippen molar-refractivity contribution in [3.63, 3.8) is 0 Å². The molecule has 0 amide bonds. The second kappa shape index (κ2) is 2.75. The van der Waals surface area contributed by atoms with E-state index in [0.717, 1.165) is 12.2 Å². The zero-order chi connectivity index (χ0) is 8.55. The van der Waals surface area contributed by atoms with Gasteiger partial charge in [-0.05, 0) is 18.1 Å². The summed E-state index contributed by atoms with van der Waals surface area (Å²) in [7, 11) is 1.65. The van der Waals surface area contributed by atoms with Gasteiger partial charge in [-0.1, -0.05) is 0 Å². The molecule has 0 radical (unpaired) electrons. The standard InChI is InChI=1S/C9H12N2O/c1-12-7-2-6(4-11-5-7)8-3-9(8)10/h2,4-5,8-9H,3,10H2,1H3. The van der Waals surface area contributed by atoms with Gasteiger partial charge in [-0.2, -0.15) is 0 Å². The Labute approximate surface area is 71.6 Å². The molecule has 12 heavy (non-hydrogen) atoms. The van der Waals surface area contributed by atoms with Crippen molar-refractivity contribution in [2.75, 3.05) is 7.11 Å². The van der Waals surface area contributed by atoms with Crippen molar-refractivity contribution >= 4 is 0 Å². The molecule has 1 aromatic heterocycles. The summed E-state index contributed by atoms with van der Waals surface area (Å²) in [6, 6.07) is 2.34. The zero-order valence-electron chi connectivity index (χ0n) is 7.03. The zero-order valence-corrected chi connectivity index (χ0v) is 7.03. The number of rotatable bonds is 2. The fraction of sp³-hybridized carbons (Fsp3) is 0.444. The lowest BCUT2D eigenvalue weighted by molar-refractivity contribution is 0.412. The second-order valence-electron chi connectivity index (χ2n) is 3.16. The Kier molecular flexibility index (Phi) is 1.73. The Hall–Kier alpha value is -1.09. The summed E-state index contributed by atoms with van der Waals surface area (Å²) in [4.78, 5) is 4.07. The normalized spacial score (nSPS) is 26.8. The second-order valence-corrected chi connectivity index (χ2v) is 3.16. The van der Waals surface area contributed by atoms with E-state index in [-0.39, 0.29) is 0 Å². The maximum Gasteiger partial charge on any atom is 0.137 e. The number of hydrogen-bond donors (Lipinski definition) is 1. The van der Waals surface area contributed by atoms with Gasteiger partial charge in [0, 0.05) is 18.2 Å². The third kappa shape index (κ3) is 1.28.